The van der Waals surface area contributed by atoms with Gasteiger partial charge in [0.25, 0.3) is 0 Å². The minimum absolute atomic E-state index is 0.00438. The molecule has 1 aromatic heterocycles. The number of carbonyl (C=O) groups is 3. The molecular formula is C23H26O12. The van der Waals surface area contributed by atoms with Crippen LogP contribution in [0.4, 0.5) is 0 Å². The van der Waals surface area contributed by atoms with Gasteiger partial charge in [-0.3, -0.25) is 19.2 Å². The molecule has 2 N–H and O–H groups in total. The van der Waals surface area contributed by atoms with Crippen molar-refractivity contribution in [2.45, 2.75) is 65.3 Å². The number of rotatable bonds is 6. The molecule has 190 valence electrons. The number of hydrogen-bond acceptors (Lipinski definition) is 12. The van der Waals surface area contributed by atoms with Crippen LogP contribution < -0.4 is 10.2 Å². The SMILES string of the molecule is CC(=O)OCC1OC(Oc2cc(O)c3c(=O)cc(C)oc3c2C)C(OC(C)=O)C(O)C1OC(C)=O. The lowest BCUT2D eigenvalue weighted by Crippen LogP contribution is -2.62. The Labute approximate surface area is 199 Å². The number of carbonyl (C=O) groups excluding carboxylic acids is 3. The van der Waals surface area contributed by atoms with Crippen LogP contribution in [0.1, 0.15) is 32.1 Å². The van der Waals surface area contributed by atoms with Crippen molar-refractivity contribution in [1.29, 1.82) is 0 Å². The number of aryl methyl sites for hydroxylation is 2. The molecule has 0 radical (unpaired) electrons. The fourth-order valence-corrected chi connectivity index (χ4v) is 3.76. The first-order valence-electron chi connectivity index (χ1n) is 10.6. The summed E-state index contributed by atoms with van der Waals surface area (Å²) in [6, 6.07) is 2.39. The molecule has 12 nitrogen and oxygen atoms in total. The second-order valence-electron chi connectivity index (χ2n) is 8.05. The molecule has 2 aromatic rings. The Morgan fingerprint density at radius 1 is 1.00 bits per heavy atom. The van der Waals surface area contributed by atoms with Gasteiger partial charge in [-0.1, -0.05) is 0 Å². The standard InChI is InChI=1S/C23H26O12/c1-9-6-14(27)18-15(28)7-16(10(2)20(18)31-9)34-23-22(33-13(5)26)19(29)21(32-12(4)25)17(35-23)8-30-11(3)24/h6-7,17,19,21-23,28-29H,8H2,1-5H3. The number of phenolic OH excluding ortho intramolecular Hbond substituents is 1. The highest BCUT2D eigenvalue weighted by atomic mass is 16.7. The zero-order chi connectivity index (χ0) is 26.0. The Bertz CT molecular complexity index is 1200. The molecule has 0 amide bonds. The first kappa shape index (κ1) is 26.0. The molecule has 1 fully saturated rings. The fourth-order valence-electron chi connectivity index (χ4n) is 3.76. The lowest BCUT2D eigenvalue weighted by atomic mass is 9.98. The highest BCUT2D eigenvalue weighted by molar-refractivity contribution is 5.87. The van der Waals surface area contributed by atoms with Crippen LogP contribution in [0.5, 0.6) is 11.5 Å². The van der Waals surface area contributed by atoms with Gasteiger partial charge in [0, 0.05) is 38.5 Å². The van der Waals surface area contributed by atoms with Crippen molar-refractivity contribution in [2.75, 3.05) is 6.61 Å². The summed E-state index contributed by atoms with van der Waals surface area (Å²) in [4.78, 5) is 47.0. The Balaban J connectivity index is 2.03. The third-order valence-corrected chi connectivity index (χ3v) is 5.22. The molecule has 0 bridgehead atoms. The average molecular weight is 494 g/mol. The van der Waals surface area contributed by atoms with Crippen molar-refractivity contribution in [2.24, 2.45) is 0 Å². The second kappa shape index (κ2) is 10.3. The normalized spacial score (nSPS) is 24.0. The van der Waals surface area contributed by atoms with Gasteiger partial charge in [-0.15, -0.1) is 0 Å². The van der Waals surface area contributed by atoms with Gasteiger partial charge in [0.15, 0.2) is 17.6 Å². The van der Waals surface area contributed by atoms with E-state index in [1.165, 1.54) is 6.07 Å². The molecule has 35 heavy (non-hydrogen) atoms. The van der Waals surface area contributed by atoms with Crippen molar-refractivity contribution < 1.29 is 52.7 Å². The van der Waals surface area contributed by atoms with E-state index < -0.39 is 66.4 Å². The number of aromatic hydroxyl groups is 1. The van der Waals surface area contributed by atoms with E-state index in [0.717, 1.165) is 26.8 Å². The van der Waals surface area contributed by atoms with E-state index in [2.05, 4.69) is 0 Å². The molecule has 2 heterocycles. The summed E-state index contributed by atoms with van der Waals surface area (Å²) in [7, 11) is 0. The van der Waals surface area contributed by atoms with Gasteiger partial charge in [-0.25, -0.2) is 0 Å². The molecule has 1 aromatic carbocycles. The summed E-state index contributed by atoms with van der Waals surface area (Å²) in [6.07, 6.45) is -7.15. The molecule has 1 aliphatic rings. The van der Waals surface area contributed by atoms with E-state index in [1.54, 1.807) is 13.8 Å². The van der Waals surface area contributed by atoms with E-state index in [0.29, 0.717) is 11.3 Å². The zero-order valence-electron chi connectivity index (χ0n) is 19.7. The first-order valence-corrected chi connectivity index (χ1v) is 10.6. The number of esters is 3. The van der Waals surface area contributed by atoms with Crippen LogP contribution in [-0.4, -0.2) is 65.4 Å². The van der Waals surface area contributed by atoms with Crippen molar-refractivity contribution in [3.8, 4) is 11.5 Å². The molecule has 5 atom stereocenters. The van der Waals surface area contributed by atoms with Crippen LogP contribution in [0.15, 0.2) is 21.3 Å². The number of hydrogen-bond donors (Lipinski definition) is 2. The average Bonchev–Trinajstić information content (AvgIpc) is 2.73. The van der Waals surface area contributed by atoms with Crippen molar-refractivity contribution in [1.82, 2.24) is 0 Å². The topological polar surface area (TPSA) is 168 Å². The second-order valence-corrected chi connectivity index (χ2v) is 8.05. The van der Waals surface area contributed by atoms with Gasteiger partial charge >= 0.3 is 17.9 Å². The number of fused-ring (bicyclic) bond motifs is 1. The predicted octanol–water partition coefficient (Wildman–Crippen LogP) is 1.01. The lowest BCUT2D eigenvalue weighted by Gasteiger charge is -2.42. The molecule has 12 heteroatoms. The van der Waals surface area contributed by atoms with Crippen LogP contribution in [0.3, 0.4) is 0 Å². The minimum atomic E-state index is -1.63. The summed E-state index contributed by atoms with van der Waals surface area (Å²) >= 11 is 0. The maximum atomic E-state index is 12.3. The van der Waals surface area contributed by atoms with Crippen molar-refractivity contribution >= 4 is 28.9 Å². The van der Waals surface area contributed by atoms with E-state index in [1.807, 2.05) is 0 Å². The predicted molar refractivity (Wildman–Crippen MR) is 117 cm³/mol. The molecule has 0 saturated carbocycles. The molecular weight excluding hydrogens is 468 g/mol. The highest BCUT2D eigenvalue weighted by Crippen LogP contribution is 2.36. The van der Waals surface area contributed by atoms with Gasteiger partial charge in [0.05, 0.1) is 0 Å². The number of ether oxygens (including phenoxy) is 5. The quantitative estimate of drug-likeness (QED) is 0.432. The molecule has 1 aliphatic heterocycles. The van der Waals surface area contributed by atoms with E-state index in [4.69, 9.17) is 28.1 Å². The minimum Gasteiger partial charge on any atom is -0.507 e. The number of phenols is 1. The van der Waals surface area contributed by atoms with Crippen molar-refractivity contribution in [3.05, 3.63) is 33.7 Å². The Morgan fingerprint density at radius 3 is 2.23 bits per heavy atom. The van der Waals surface area contributed by atoms with Gasteiger partial charge in [-0.2, -0.15) is 0 Å². The summed E-state index contributed by atoms with van der Waals surface area (Å²) in [6.45, 7) is 6.09. The summed E-state index contributed by atoms with van der Waals surface area (Å²) in [5.41, 5.74) is -0.0692. The maximum absolute atomic E-state index is 12.3. The molecule has 5 unspecified atom stereocenters. The van der Waals surface area contributed by atoms with Gasteiger partial charge in [0.1, 0.15) is 47.0 Å². The highest BCUT2D eigenvalue weighted by Gasteiger charge is 2.50. The van der Waals surface area contributed by atoms with Crippen LogP contribution >= 0.6 is 0 Å². The summed E-state index contributed by atoms with van der Waals surface area (Å²) in [5, 5.41) is 21.3. The molecule has 0 spiro atoms. The summed E-state index contributed by atoms with van der Waals surface area (Å²) in [5.74, 6) is -2.32. The van der Waals surface area contributed by atoms with Crippen LogP contribution in [0, 0.1) is 13.8 Å². The first-order chi connectivity index (χ1) is 16.4. The molecule has 1 saturated heterocycles. The number of benzene rings is 1. The molecule has 3 rings (SSSR count). The lowest BCUT2D eigenvalue weighted by molar-refractivity contribution is -0.285. The third-order valence-electron chi connectivity index (χ3n) is 5.22. The van der Waals surface area contributed by atoms with Crippen LogP contribution in [0.2, 0.25) is 0 Å². The third kappa shape index (κ3) is 5.72. The largest absolute Gasteiger partial charge is 0.507 e. The van der Waals surface area contributed by atoms with Crippen LogP contribution in [-0.2, 0) is 33.3 Å². The monoisotopic (exact) mass is 494 g/mol. The van der Waals surface area contributed by atoms with Gasteiger partial charge in [-0.05, 0) is 13.8 Å². The molecule has 0 aliphatic carbocycles. The summed E-state index contributed by atoms with van der Waals surface area (Å²) < 4.78 is 32.6. The number of aliphatic hydroxyl groups excluding tert-OH is 1. The Morgan fingerprint density at radius 2 is 1.63 bits per heavy atom. The van der Waals surface area contributed by atoms with Gasteiger partial charge in [0.2, 0.25) is 6.29 Å². The van der Waals surface area contributed by atoms with Crippen molar-refractivity contribution in [3.63, 3.8) is 0 Å². The Hall–Kier alpha value is -3.64. The number of aliphatic hydroxyl groups is 1. The van der Waals surface area contributed by atoms with E-state index in [9.17, 15) is 29.4 Å². The zero-order valence-corrected chi connectivity index (χ0v) is 19.7. The smallest absolute Gasteiger partial charge is 0.303 e. The Kier molecular flexibility index (Phi) is 7.66. The fraction of sp³-hybridized carbons (Fsp3) is 0.478. The van der Waals surface area contributed by atoms with E-state index >= 15 is 0 Å². The van der Waals surface area contributed by atoms with E-state index in [-0.39, 0.29) is 16.7 Å². The maximum Gasteiger partial charge on any atom is 0.303 e. The van der Waals surface area contributed by atoms with Crippen LogP contribution in [0.25, 0.3) is 11.0 Å². The van der Waals surface area contributed by atoms with Gasteiger partial charge < -0.3 is 38.3 Å².